The summed E-state index contributed by atoms with van der Waals surface area (Å²) >= 11 is 1.59. The molecule has 2 rings (SSSR count). The first-order chi connectivity index (χ1) is 10.0. The number of carbonyl (C=O) groups is 2. The zero-order valence-electron chi connectivity index (χ0n) is 11.6. The fraction of sp³-hybridized carbons (Fsp3) is 0.267. The van der Waals surface area contributed by atoms with Gasteiger partial charge in [-0.1, -0.05) is 12.1 Å². The van der Waals surface area contributed by atoms with E-state index in [0.717, 1.165) is 10.7 Å². The van der Waals surface area contributed by atoms with Crippen molar-refractivity contribution in [2.24, 2.45) is 0 Å². The minimum Gasteiger partial charge on any atom is -0.481 e. The Hall–Kier alpha value is -2.21. The molecule has 0 aliphatic carbocycles. The molecule has 0 fully saturated rings. The topological polar surface area (TPSA) is 79.3 Å². The molecule has 2 N–H and O–H groups in total. The smallest absolute Gasteiger partial charge is 0.307 e. The number of amides is 1. The summed E-state index contributed by atoms with van der Waals surface area (Å²) in [6.07, 6.45) is 0.665. The second-order valence-electron chi connectivity index (χ2n) is 4.63. The van der Waals surface area contributed by atoms with Gasteiger partial charge in [-0.15, -0.1) is 11.3 Å². The third-order valence-electron chi connectivity index (χ3n) is 2.90. The highest BCUT2D eigenvalue weighted by molar-refractivity contribution is 7.09. The molecule has 21 heavy (non-hydrogen) atoms. The van der Waals surface area contributed by atoms with Crippen LogP contribution in [0.25, 0.3) is 0 Å². The number of benzene rings is 1. The molecule has 0 aliphatic rings. The summed E-state index contributed by atoms with van der Waals surface area (Å²) in [6, 6.07) is 6.60. The molecule has 0 spiro atoms. The number of nitrogens with zero attached hydrogens (tertiary/aromatic N) is 1. The molecule has 0 atom stereocenters. The fourth-order valence-corrected chi connectivity index (χ4v) is 2.52. The van der Waals surface area contributed by atoms with E-state index in [9.17, 15) is 9.59 Å². The molecule has 2 aromatic rings. The van der Waals surface area contributed by atoms with Crippen LogP contribution in [-0.4, -0.2) is 28.5 Å². The Morgan fingerprint density at radius 3 is 2.57 bits per heavy atom. The average Bonchev–Trinajstić information content (AvgIpc) is 2.84. The van der Waals surface area contributed by atoms with Gasteiger partial charge in [0.15, 0.2) is 0 Å². The second kappa shape index (κ2) is 6.99. The Morgan fingerprint density at radius 1 is 1.29 bits per heavy atom. The molecule has 1 amide bonds. The van der Waals surface area contributed by atoms with Crippen molar-refractivity contribution >= 4 is 23.2 Å². The second-order valence-corrected chi connectivity index (χ2v) is 5.69. The third-order valence-corrected chi connectivity index (χ3v) is 3.73. The summed E-state index contributed by atoms with van der Waals surface area (Å²) in [5.41, 5.74) is 2.19. The van der Waals surface area contributed by atoms with Crippen molar-refractivity contribution < 1.29 is 14.7 Å². The monoisotopic (exact) mass is 304 g/mol. The molecular formula is C15H16N2O3S. The summed E-state index contributed by atoms with van der Waals surface area (Å²) < 4.78 is 0. The van der Waals surface area contributed by atoms with E-state index < -0.39 is 5.97 Å². The Labute approximate surface area is 126 Å². The zero-order valence-corrected chi connectivity index (χ0v) is 12.4. The number of nitrogens with one attached hydrogen (secondary N) is 1. The Morgan fingerprint density at radius 2 is 2.00 bits per heavy atom. The van der Waals surface area contributed by atoms with Gasteiger partial charge in [0.25, 0.3) is 5.91 Å². The average molecular weight is 304 g/mol. The molecule has 1 aromatic heterocycles. The normalized spacial score (nSPS) is 10.3. The number of aromatic nitrogens is 1. The van der Waals surface area contributed by atoms with Gasteiger partial charge in [0.2, 0.25) is 0 Å². The lowest BCUT2D eigenvalue weighted by Crippen LogP contribution is -2.25. The van der Waals surface area contributed by atoms with Crippen molar-refractivity contribution in [3.8, 4) is 0 Å². The van der Waals surface area contributed by atoms with Gasteiger partial charge in [-0.2, -0.15) is 0 Å². The number of thiazole rings is 1. The number of rotatable bonds is 6. The van der Waals surface area contributed by atoms with Gasteiger partial charge in [-0.25, -0.2) is 4.98 Å². The summed E-state index contributed by atoms with van der Waals surface area (Å²) in [4.78, 5) is 26.8. The molecular weight excluding hydrogens is 288 g/mol. The minimum atomic E-state index is -0.884. The zero-order chi connectivity index (χ0) is 15.2. The van der Waals surface area contributed by atoms with Crippen molar-refractivity contribution in [1.82, 2.24) is 10.3 Å². The van der Waals surface area contributed by atoms with E-state index in [1.165, 1.54) is 0 Å². The number of aryl methyl sites for hydroxylation is 1. The number of hydrogen-bond acceptors (Lipinski definition) is 4. The quantitative estimate of drug-likeness (QED) is 0.856. The molecule has 0 unspecified atom stereocenters. The molecule has 0 saturated heterocycles. The van der Waals surface area contributed by atoms with Crippen LogP contribution in [0.4, 0.5) is 0 Å². The van der Waals surface area contributed by atoms with E-state index in [-0.39, 0.29) is 12.3 Å². The first-order valence-electron chi connectivity index (χ1n) is 6.54. The molecule has 0 bridgehead atoms. The molecule has 110 valence electrons. The van der Waals surface area contributed by atoms with Crippen LogP contribution in [0.2, 0.25) is 0 Å². The van der Waals surface area contributed by atoms with Crippen LogP contribution in [0.5, 0.6) is 0 Å². The van der Waals surface area contributed by atoms with E-state index in [2.05, 4.69) is 10.3 Å². The predicted octanol–water partition coefficient (Wildman–Crippen LogP) is 2.05. The fourth-order valence-electron chi connectivity index (χ4n) is 1.88. The number of hydrogen-bond donors (Lipinski definition) is 2. The van der Waals surface area contributed by atoms with Crippen molar-refractivity contribution in [2.45, 2.75) is 19.8 Å². The summed E-state index contributed by atoms with van der Waals surface area (Å²) in [5.74, 6) is -1.05. The Bertz CT molecular complexity index is 635. The van der Waals surface area contributed by atoms with Crippen LogP contribution in [0.1, 0.15) is 26.6 Å². The lowest BCUT2D eigenvalue weighted by molar-refractivity contribution is -0.136. The highest BCUT2D eigenvalue weighted by Gasteiger charge is 2.07. The van der Waals surface area contributed by atoms with Crippen LogP contribution >= 0.6 is 11.3 Å². The van der Waals surface area contributed by atoms with Crippen LogP contribution in [0, 0.1) is 6.92 Å². The van der Waals surface area contributed by atoms with Crippen molar-refractivity contribution in [1.29, 1.82) is 0 Å². The SMILES string of the molecule is Cc1nc(CCNC(=O)c2ccc(CC(=O)O)cc2)cs1. The molecule has 0 saturated carbocycles. The van der Waals surface area contributed by atoms with Gasteiger partial charge in [0.1, 0.15) is 0 Å². The first kappa shape index (κ1) is 15.2. The molecule has 0 aliphatic heterocycles. The molecule has 6 heteroatoms. The number of carboxylic acid groups (broad SMARTS) is 1. The van der Waals surface area contributed by atoms with Gasteiger partial charge >= 0.3 is 5.97 Å². The summed E-state index contributed by atoms with van der Waals surface area (Å²) in [6.45, 7) is 2.48. The highest BCUT2D eigenvalue weighted by atomic mass is 32.1. The molecule has 0 radical (unpaired) electrons. The van der Waals surface area contributed by atoms with Crippen LogP contribution in [-0.2, 0) is 17.6 Å². The minimum absolute atomic E-state index is 0.0366. The molecule has 5 nitrogen and oxygen atoms in total. The maximum Gasteiger partial charge on any atom is 0.307 e. The van der Waals surface area contributed by atoms with Gasteiger partial charge in [0, 0.05) is 23.9 Å². The summed E-state index contributed by atoms with van der Waals surface area (Å²) in [7, 11) is 0. The van der Waals surface area contributed by atoms with Gasteiger partial charge in [0.05, 0.1) is 17.1 Å². The van der Waals surface area contributed by atoms with E-state index in [4.69, 9.17) is 5.11 Å². The van der Waals surface area contributed by atoms with Gasteiger partial charge < -0.3 is 10.4 Å². The van der Waals surface area contributed by atoms with Gasteiger partial charge in [-0.3, -0.25) is 9.59 Å². The standard InChI is InChI=1S/C15H16N2O3S/c1-10-17-13(9-21-10)6-7-16-15(20)12-4-2-11(3-5-12)8-14(18)19/h2-5,9H,6-8H2,1H3,(H,16,20)(H,18,19). The van der Waals surface area contributed by atoms with Gasteiger partial charge in [-0.05, 0) is 24.6 Å². The first-order valence-corrected chi connectivity index (χ1v) is 7.42. The summed E-state index contributed by atoms with van der Waals surface area (Å²) in [5, 5.41) is 14.5. The highest BCUT2D eigenvalue weighted by Crippen LogP contribution is 2.08. The maximum atomic E-state index is 11.9. The van der Waals surface area contributed by atoms with E-state index in [1.54, 1.807) is 35.6 Å². The Kier molecular flexibility index (Phi) is 5.05. The van der Waals surface area contributed by atoms with Crippen molar-refractivity contribution in [2.75, 3.05) is 6.54 Å². The molecule has 1 aromatic carbocycles. The lowest BCUT2D eigenvalue weighted by Gasteiger charge is -2.05. The lowest BCUT2D eigenvalue weighted by atomic mass is 10.1. The third kappa shape index (κ3) is 4.68. The largest absolute Gasteiger partial charge is 0.481 e. The van der Waals surface area contributed by atoms with Crippen LogP contribution < -0.4 is 5.32 Å². The number of carbonyl (C=O) groups excluding carboxylic acids is 1. The number of aliphatic carboxylic acids is 1. The van der Waals surface area contributed by atoms with E-state index >= 15 is 0 Å². The van der Waals surface area contributed by atoms with Crippen LogP contribution in [0.15, 0.2) is 29.6 Å². The Balaban J connectivity index is 1.84. The maximum absolute atomic E-state index is 11.9. The van der Waals surface area contributed by atoms with Crippen molar-refractivity contribution in [3.63, 3.8) is 0 Å². The predicted molar refractivity (Wildman–Crippen MR) is 80.7 cm³/mol. The van der Waals surface area contributed by atoms with Crippen LogP contribution in [0.3, 0.4) is 0 Å². The number of carboxylic acids is 1. The van der Waals surface area contributed by atoms with Crippen molar-refractivity contribution in [3.05, 3.63) is 51.5 Å². The molecule has 1 heterocycles. The van der Waals surface area contributed by atoms with E-state index in [0.29, 0.717) is 24.1 Å². The van der Waals surface area contributed by atoms with E-state index in [1.807, 2.05) is 12.3 Å².